The Hall–Kier alpha value is -1.31. The van der Waals surface area contributed by atoms with Crippen LogP contribution in [0.2, 0.25) is 18.1 Å². The second-order valence-corrected chi connectivity index (χ2v) is 10.9. The number of hydrogen-bond acceptors (Lipinski definition) is 3. The van der Waals surface area contributed by atoms with Crippen molar-refractivity contribution < 1.29 is 8.84 Å². The van der Waals surface area contributed by atoms with Crippen LogP contribution in [0.5, 0.6) is 0 Å². The number of hydrogen-bond donors (Lipinski definition) is 0. The monoisotopic (exact) mass is 278 g/mol. The van der Waals surface area contributed by atoms with Crippen molar-refractivity contribution in [1.82, 2.24) is 0 Å². The molecule has 0 aromatic carbocycles. The second-order valence-electron chi connectivity index (χ2n) is 6.09. The first-order chi connectivity index (χ1) is 8.67. The molecule has 1 aromatic heterocycles. The molecule has 0 saturated carbocycles. The summed E-state index contributed by atoms with van der Waals surface area (Å²) in [6.45, 7) is 11.5. The number of terminal acetylenes is 1. The molecule has 0 radical (unpaired) electrons. The smallest absolute Gasteiger partial charge is 0.335 e. The highest BCUT2D eigenvalue weighted by molar-refractivity contribution is 6.74. The van der Waals surface area contributed by atoms with Crippen molar-refractivity contribution in [3.05, 3.63) is 33.9 Å². The van der Waals surface area contributed by atoms with Crippen molar-refractivity contribution in [2.24, 2.45) is 0 Å². The predicted octanol–water partition coefficient (Wildman–Crippen LogP) is 3.19. The van der Waals surface area contributed by atoms with Crippen LogP contribution in [0.3, 0.4) is 0 Å². The van der Waals surface area contributed by atoms with Crippen LogP contribution in [0.4, 0.5) is 0 Å². The molecule has 0 amide bonds. The van der Waals surface area contributed by atoms with Crippen molar-refractivity contribution in [3.8, 4) is 12.3 Å². The maximum Gasteiger partial charge on any atom is 0.335 e. The minimum absolute atomic E-state index is 0.166. The van der Waals surface area contributed by atoms with Gasteiger partial charge < -0.3 is 8.84 Å². The molecular weight excluding hydrogens is 256 g/mol. The lowest BCUT2D eigenvalue weighted by Crippen LogP contribution is -2.41. The van der Waals surface area contributed by atoms with E-state index in [2.05, 4.69) is 39.8 Å². The van der Waals surface area contributed by atoms with Crippen LogP contribution in [-0.4, -0.2) is 14.9 Å². The van der Waals surface area contributed by atoms with Crippen LogP contribution in [0.15, 0.2) is 21.3 Å². The van der Waals surface area contributed by atoms with Gasteiger partial charge in [0.15, 0.2) is 8.32 Å². The summed E-state index contributed by atoms with van der Waals surface area (Å²) in [5.41, 5.74) is 0.250. The van der Waals surface area contributed by atoms with E-state index in [1.165, 1.54) is 6.07 Å². The van der Waals surface area contributed by atoms with E-state index in [0.717, 1.165) is 0 Å². The Bertz CT molecular complexity index is 530. The summed E-state index contributed by atoms with van der Waals surface area (Å²) in [7, 11) is -1.77. The van der Waals surface area contributed by atoms with Crippen LogP contribution in [0.1, 0.15) is 32.1 Å². The summed E-state index contributed by atoms with van der Waals surface area (Å²) in [6.07, 6.45) is 5.91. The molecule has 0 spiro atoms. The first-order valence-electron chi connectivity index (χ1n) is 6.41. The molecule has 0 atom stereocenters. The zero-order valence-corrected chi connectivity index (χ0v) is 13.4. The van der Waals surface area contributed by atoms with Gasteiger partial charge >= 0.3 is 5.63 Å². The molecule has 19 heavy (non-hydrogen) atoms. The van der Waals surface area contributed by atoms with E-state index in [1.807, 2.05) is 0 Å². The van der Waals surface area contributed by atoms with Gasteiger partial charge in [0, 0.05) is 19.1 Å². The zero-order valence-electron chi connectivity index (χ0n) is 12.4. The van der Waals surface area contributed by atoms with Crippen LogP contribution in [0, 0.1) is 12.3 Å². The molecule has 0 unspecified atom stereocenters. The van der Waals surface area contributed by atoms with E-state index in [1.54, 1.807) is 6.07 Å². The fourth-order valence-corrected chi connectivity index (χ4v) is 2.43. The van der Waals surface area contributed by atoms with Gasteiger partial charge in [-0.3, -0.25) is 0 Å². The fraction of sp³-hybridized carbons (Fsp3) is 0.533. The first kappa shape index (κ1) is 15.7. The Balaban J connectivity index is 2.72. The van der Waals surface area contributed by atoms with Gasteiger partial charge in [-0.05, 0) is 24.2 Å². The molecule has 1 aromatic rings. The molecule has 0 bridgehead atoms. The van der Waals surface area contributed by atoms with Gasteiger partial charge in [-0.1, -0.05) is 26.7 Å². The third-order valence-electron chi connectivity index (χ3n) is 3.66. The highest BCUT2D eigenvalue weighted by Gasteiger charge is 2.36. The van der Waals surface area contributed by atoms with Crippen LogP contribution in [-0.2, 0) is 10.8 Å². The molecule has 104 valence electrons. The third-order valence-corrected chi connectivity index (χ3v) is 8.20. The summed E-state index contributed by atoms with van der Waals surface area (Å²) >= 11 is 0. The van der Waals surface area contributed by atoms with E-state index in [9.17, 15) is 4.79 Å². The van der Waals surface area contributed by atoms with Gasteiger partial charge in [0.05, 0.1) is 5.56 Å². The Morgan fingerprint density at radius 2 is 2.00 bits per heavy atom. The normalized spacial score (nSPS) is 12.2. The zero-order chi connectivity index (χ0) is 14.7. The SMILES string of the molecule is C#Cc1ccc(=O)oc1CCO[Si](C)(C)C(C)(C)C. The van der Waals surface area contributed by atoms with E-state index in [4.69, 9.17) is 15.3 Å². The van der Waals surface area contributed by atoms with Crippen LogP contribution >= 0.6 is 0 Å². The average Bonchev–Trinajstić information content (AvgIpc) is 2.27. The Morgan fingerprint density at radius 3 is 2.53 bits per heavy atom. The van der Waals surface area contributed by atoms with E-state index in [-0.39, 0.29) is 10.7 Å². The van der Waals surface area contributed by atoms with Crippen molar-refractivity contribution in [1.29, 1.82) is 0 Å². The van der Waals surface area contributed by atoms with Gasteiger partial charge in [0.25, 0.3) is 0 Å². The average molecular weight is 278 g/mol. The lowest BCUT2D eigenvalue weighted by molar-refractivity contribution is 0.279. The van der Waals surface area contributed by atoms with Gasteiger partial charge in [-0.15, -0.1) is 6.42 Å². The molecule has 0 saturated heterocycles. The molecule has 3 nitrogen and oxygen atoms in total. The lowest BCUT2D eigenvalue weighted by Gasteiger charge is -2.36. The lowest BCUT2D eigenvalue weighted by atomic mass is 10.2. The van der Waals surface area contributed by atoms with Gasteiger partial charge in [0.2, 0.25) is 0 Å². The van der Waals surface area contributed by atoms with Gasteiger partial charge in [0.1, 0.15) is 5.76 Å². The van der Waals surface area contributed by atoms with E-state index >= 15 is 0 Å². The largest absolute Gasteiger partial charge is 0.426 e. The van der Waals surface area contributed by atoms with Crippen molar-refractivity contribution in [2.45, 2.75) is 45.3 Å². The maximum absolute atomic E-state index is 11.2. The van der Waals surface area contributed by atoms with Gasteiger partial charge in [-0.25, -0.2) is 4.79 Å². The second kappa shape index (κ2) is 5.77. The molecule has 1 heterocycles. The maximum atomic E-state index is 11.2. The minimum atomic E-state index is -1.77. The molecule has 1 rings (SSSR count). The summed E-state index contributed by atoms with van der Waals surface area (Å²) in [5.74, 6) is 3.06. The molecule has 4 heteroatoms. The summed E-state index contributed by atoms with van der Waals surface area (Å²) < 4.78 is 11.2. The summed E-state index contributed by atoms with van der Waals surface area (Å²) in [4.78, 5) is 11.2. The molecule has 0 aliphatic heterocycles. The molecule has 0 aliphatic carbocycles. The highest BCUT2D eigenvalue weighted by Crippen LogP contribution is 2.36. The quantitative estimate of drug-likeness (QED) is 0.627. The Kier molecular flexibility index (Phi) is 4.78. The fourth-order valence-electron chi connectivity index (χ4n) is 1.38. The van der Waals surface area contributed by atoms with Crippen molar-refractivity contribution in [2.75, 3.05) is 6.61 Å². The minimum Gasteiger partial charge on any atom is -0.426 e. The van der Waals surface area contributed by atoms with Crippen LogP contribution < -0.4 is 5.63 Å². The first-order valence-corrected chi connectivity index (χ1v) is 9.32. The van der Waals surface area contributed by atoms with Crippen LogP contribution in [0.25, 0.3) is 0 Å². The number of rotatable bonds is 4. The van der Waals surface area contributed by atoms with E-state index in [0.29, 0.717) is 24.4 Å². The highest BCUT2D eigenvalue weighted by atomic mass is 28.4. The van der Waals surface area contributed by atoms with E-state index < -0.39 is 8.32 Å². The predicted molar refractivity (Wildman–Crippen MR) is 79.8 cm³/mol. The standard InChI is InChI=1S/C15H22O3Si/c1-7-12-8-9-14(16)18-13(12)10-11-17-19(5,6)15(2,3)4/h1,8-9H,10-11H2,2-6H3. The van der Waals surface area contributed by atoms with Crippen molar-refractivity contribution in [3.63, 3.8) is 0 Å². The third kappa shape index (κ3) is 4.08. The molecular formula is C15H22O3Si. The Labute approximate surface area is 116 Å². The van der Waals surface area contributed by atoms with Gasteiger partial charge in [-0.2, -0.15) is 0 Å². The topological polar surface area (TPSA) is 39.4 Å². The molecule has 0 N–H and O–H groups in total. The Morgan fingerprint density at radius 1 is 1.37 bits per heavy atom. The molecule has 0 fully saturated rings. The molecule has 0 aliphatic rings. The van der Waals surface area contributed by atoms with Crippen molar-refractivity contribution >= 4 is 8.32 Å². The summed E-state index contributed by atoms with van der Waals surface area (Å²) in [6, 6.07) is 2.96. The summed E-state index contributed by atoms with van der Waals surface area (Å²) in [5, 5.41) is 0.166.